The van der Waals surface area contributed by atoms with Gasteiger partial charge >= 0.3 is 0 Å². The molecule has 0 saturated carbocycles. The Morgan fingerprint density at radius 1 is 1.45 bits per heavy atom. The minimum absolute atomic E-state index is 0.399. The first-order valence-electron chi connectivity index (χ1n) is 3.29. The smallest absolute Gasteiger partial charge is 0.135 e. The van der Waals surface area contributed by atoms with Crippen molar-refractivity contribution in [1.29, 1.82) is 0 Å². The van der Waals surface area contributed by atoms with E-state index in [2.05, 4.69) is 18.2 Å². The van der Waals surface area contributed by atoms with Crippen LogP contribution in [0.15, 0.2) is 41.6 Å². The number of allylic oxidation sites excluding steroid dienone is 3. The summed E-state index contributed by atoms with van der Waals surface area (Å²) in [5.74, 6) is 0. The highest BCUT2D eigenvalue weighted by Gasteiger charge is 1.98. The molecular weight excluding hydrogens is 158 g/mol. The first kappa shape index (κ1) is 10.2. The van der Waals surface area contributed by atoms with Crippen LogP contribution in [0.3, 0.4) is 0 Å². The molecule has 0 bridgehead atoms. The lowest BCUT2D eigenvalue weighted by Crippen LogP contribution is -1.91. The Balaban J connectivity index is 4.36. The maximum absolute atomic E-state index is 5.74. The van der Waals surface area contributed by atoms with Crippen LogP contribution in [0.4, 0.5) is 0 Å². The first-order valence-corrected chi connectivity index (χ1v) is 3.67. The van der Waals surface area contributed by atoms with Gasteiger partial charge in [0, 0.05) is 11.8 Å². The summed E-state index contributed by atoms with van der Waals surface area (Å²) < 4.78 is 0. The molecular formula is C9H12ClN. The second-order valence-corrected chi connectivity index (χ2v) is 2.52. The molecule has 0 atom stereocenters. The Bertz CT molecular complexity index is 224. The number of hydrogen-bond acceptors (Lipinski definition) is 1. The van der Waals surface area contributed by atoms with Crippen LogP contribution in [0.5, 0.6) is 0 Å². The fourth-order valence-corrected chi connectivity index (χ4v) is 0.612. The maximum atomic E-state index is 5.74. The van der Waals surface area contributed by atoms with Gasteiger partial charge in [-0.15, -0.1) is 0 Å². The van der Waals surface area contributed by atoms with E-state index in [1.54, 1.807) is 12.3 Å². The molecule has 0 aromatic heterocycles. The summed E-state index contributed by atoms with van der Waals surface area (Å²) in [6.45, 7) is 11.1. The van der Waals surface area contributed by atoms with E-state index < -0.39 is 0 Å². The number of aliphatic imine (C=N–C) groups is 1. The molecule has 0 fully saturated rings. The highest BCUT2D eigenvalue weighted by atomic mass is 35.5. The third-order valence-corrected chi connectivity index (χ3v) is 1.43. The molecule has 0 saturated heterocycles. The third-order valence-electron chi connectivity index (χ3n) is 1.10. The van der Waals surface area contributed by atoms with Crippen molar-refractivity contribution in [2.24, 2.45) is 4.99 Å². The van der Waals surface area contributed by atoms with E-state index in [1.165, 1.54) is 0 Å². The molecule has 0 spiro atoms. The zero-order chi connectivity index (χ0) is 8.85. The minimum atomic E-state index is 0.399. The van der Waals surface area contributed by atoms with Crippen LogP contribution in [0.25, 0.3) is 0 Å². The Kier molecular flexibility index (Phi) is 4.55. The molecule has 0 aliphatic rings. The monoisotopic (exact) mass is 169 g/mol. The fourth-order valence-electron chi connectivity index (χ4n) is 0.394. The van der Waals surface area contributed by atoms with Crippen LogP contribution in [-0.2, 0) is 0 Å². The summed E-state index contributed by atoms with van der Waals surface area (Å²) in [5, 5.41) is 0.399. The molecule has 60 valence electrons. The standard InChI is InChI=1S/C9H12ClN/c1-5-6-11-9(10)8(4)7(2)3/h5-6H,2,4H2,1,3H3/b6-5-,11-9+. The summed E-state index contributed by atoms with van der Waals surface area (Å²) in [4.78, 5) is 3.90. The molecule has 0 heterocycles. The third kappa shape index (κ3) is 3.79. The van der Waals surface area contributed by atoms with Gasteiger partial charge < -0.3 is 0 Å². The zero-order valence-electron chi connectivity index (χ0n) is 6.89. The highest BCUT2D eigenvalue weighted by Crippen LogP contribution is 2.09. The fraction of sp³-hybridized carbons (Fsp3) is 0.222. The molecule has 0 unspecified atom stereocenters. The van der Waals surface area contributed by atoms with Gasteiger partial charge in [0.15, 0.2) is 0 Å². The Morgan fingerprint density at radius 3 is 2.36 bits per heavy atom. The average Bonchev–Trinajstić information content (AvgIpc) is 1.98. The van der Waals surface area contributed by atoms with Crippen molar-refractivity contribution in [1.82, 2.24) is 0 Å². The number of hydrogen-bond donors (Lipinski definition) is 0. The van der Waals surface area contributed by atoms with Crippen molar-refractivity contribution in [3.63, 3.8) is 0 Å². The predicted molar refractivity (Wildman–Crippen MR) is 52.1 cm³/mol. The summed E-state index contributed by atoms with van der Waals surface area (Å²) in [6.07, 6.45) is 3.42. The molecule has 0 rings (SSSR count). The second-order valence-electron chi connectivity index (χ2n) is 2.16. The van der Waals surface area contributed by atoms with E-state index >= 15 is 0 Å². The normalized spacial score (nSPS) is 12.1. The number of rotatable bonds is 3. The van der Waals surface area contributed by atoms with Crippen molar-refractivity contribution in [3.8, 4) is 0 Å². The van der Waals surface area contributed by atoms with E-state index in [0.29, 0.717) is 10.7 Å². The molecule has 0 aliphatic heterocycles. The first-order chi connectivity index (χ1) is 5.09. The zero-order valence-corrected chi connectivity index (χ0v) is 7.65. The van der Waals surface area contributed by atoms with Crippen molar-refractivity contribution < 1.29 is 0 Å². The minimum Gasteiger partial charge on any atom is -0.244 e. The van der Waals surface area contributed by atoms with Crippen LogP contribution in [0, 0.1) is 0 Å². The van der Waals surface area contributed by atoms with E-state index in [4.69, 9.17) is 11.6 Å². The Labute approximate surface area is 72.8 Å². The van der Waals surface area contributed by atoms with E-state index in [0.717, 1.165) is 5.57 Å². The van der Waals surface area contributed by atoms with Crippen molar-refractivity contribution in [3.05, 3.63) is 36.6 Å². The van der Waals surface area contributed by atoms with Crippen LogP contribution >= 0.6 is 11.6 Å². The summed E-state index contributed by atoms with van der Waals surface area (Å²) in [7, 11) is 0. The lowest BCUT2D eigenvalue weighted by Gasteiger charge is -1.98. The highest BCUT2D eigenvalue weighted by molar-refractivity contribution is 6.70. The van der Waals surface area contributed by atoms with E-state index in [1.807, 2.05) is 13.8 Å². The Morgan fingerprint density at radius 2 is 2.00 bits per heavy atom. The second kappa shape index (κ2) is 4.91. The molecule has 0 aromatic carbocycles. The predicted octanol–water partition coefficient (Wildman–Crippen LogP) is 3.29. The van der Waals surface area contributed by atoms with Gasteiger partial charge in [-0.05, 0) is 19.4 Å². The quantitative estimate of drug-likeness (QED) is 0.454. The molecule has 0 aliphatic carbocycles. The van der Waals surface area contributed by atoms with Crippen molar-refractivity contribution in [2.45, 2.75) is 13.8 Å². The maximum Gasteiger partial charge on any atom is 0.135 e. The lowest BCUT2D eigenvalue weighted by atomic mass is 10.2. The van der Waals surface area contributed by atoms with Crippen LogP contribution in [0.1, 0.15) is 13.8 Å². The van der Waals surface area contributed by atoms with E-state index in [9.17, 15) is 0 Å². The van der Waals surface area contributed by atoms with Crippen molar-refractivity contribution >= 4 is 16.8 Å². The van der Waals surface area contributed by atoms with Crippen molar-refractivity contribution in [2.75, 3.05) is 0 Å². The molecule has 0 amide bonds. The van der Waals surface area contributed by atoms with Crippen LogP contribution in [0.2, 0.25) is 0 Å². The van der Waals surface area contributed by atoms with Crippen LogP contribution < -0.4 is 0 Å². The Hall–Kier alpha value is -0.820. The summed E-state index contributed by atoms with van der Waals surface area (Å²) >= 11 is 5.74. The average molecular weight is 170 g/mol. The molecule has 0 N–H and O–H groups in total. The summed E-state index contributed by atoms with van der Waals surface area (Å²) in [6, 6.07) is 0. The number of nitrogens with zero attached hydrogens (tertiary/aromatic N) is 1. The van der Waals surface area contributed by atoms with Gasteiger partial charge in [-0.25, -0.2) is 4.99 Å². The SMILES string of the molecule is C=C(C)C(=C)/C(Cl)=N\C=C/C. The largest absolute Gasteiger partial charge is 0.244 e. The van der Waals surface area contributed by atoms with Gasteiger partial charge in [0.2, 0.25) is 0 Å². The molecule has 2 heteroatoms. The molecule has 1 nitrogen and oxygen atoms in total. The topological polar surface area (TPSA) is 12.4 Å². The van der Waals surface area contributed by atoms with E-state index in [-0.39, 0.29) is 0 Å². The van der Waals surface area contributed by atoms with Gasteiger partial charge in [0.05, 0.1) is 0 Å². The van der Waals surface area contributed by atoms with Gasteiger partial charge in [-0.2, -0.15) is 0 Å². The molecule has 0 aromatic rings. The summed E-state index contributed by atoms with van der Waals surface area (Å²) in [5.41, 5.74) is 1.52. The van der Waals surface area contributed by atoms with Gasteiger partial charge in [0.1, 0.15) is 5.17 Å². The molecule has 11 heavy (non-hydrogen) atoms. The number of halogens is 1. The lowest BCUT2D eigenvalue weighted by molar-refractivity contribution is 1.47. The van der Waals surface area contributed by atoms with Gasteiger partial charge in [-0.1, -0.05) is 30.8 Å². The van der Waals surface area contributed by atoms with Crippen LogP contribution in [-0.4, -0.2) is 5.17 Å². The van der Waals surface area contributed by atoms with Gasteiger partial charge in [0.25, 0.3) is 0 Å². The van der Waals surface area contributed by atoms with Gasteiger partial charge in [-0.3, -0.25) is 0 Å². The molecule has 0 radical (unpaired) electrons.